The van der Waals surface area contributed by atoms with Crippen molar-refractivity contribution in [3.8, 4) is 27.6 Å². The number of ether oxygens (including phenoxy) is 1. The second kappa shape index (κ2) is 8.06. The van der Waals surface area contributed by atoms with Crippen molar-refractivity contribution in [2.45, 2.75) is 6.92 Å². The third-order valence-electron chi connectivity index (χ3n) is 4.26. The van der Waals surface area contributed by atoms with E-state index in [1.54, 1.807) is 23.5 Å². The van der Waals surface area contributed by atoms with E-state index in [9.17, 15) is 4.79 Å². The van der Waals surface area contributed by atoms with Gasteiger partial charge in [-0.3, -0.25) is 5.32 Å². The highest BCUT2D eigenvalue weighted by Crippen LogP contribution is 2.31. The summed E-state index contributed by atoms with van der Waals surface area (Å²) in [6.07, 6.45) is -0.519. The van der Waals surface area contributed by atoms with Crippen molar-refractivity contribution in [1.29, 1.82) is 0 Å². The topological polar surface area (TPSA) is 51.2 Å². The number of thiazole rings is 1. The molecule has 0 saturated heterocycles. The molecule has 0 aliphatic heterocycles. The molecule has 28 heavy (non-hydrogen) atoms. The van der Waals surface area contributed by atoms with Crippen molar-refractivity contribution in [2.24, 2.45) is 0 Å². The number of para-hydroxylation sites is 1. The smallest absolute Gasteiger partial charge is 0.410 e. The lowest BCUT2D eigenvalue weighted by atomic mass is 10.1. The van der Waals surface area contributed by atoms with Gasteiger partial charge in [-0.15, -0.1) is 11.3 Å². The number of amides is 1. The summed E-state index contributed by atoms with van der Waals surface area (Å²) < 4.78 is 5.24. The molecular formula is C23H18N2O2S. The van der Waals surface area contributed by atoms with Gasteiger partial charge in [0.05, 0.1) is 5.69 Å². The summed E-state index contributed by atoms with van der Waals surface area (Å²) in [5.74, 6) is 0.503. The molecule has 1 amide bonds. The fourth-order valence-corrected chi connectivity index (χ4v) is 3.73. The molecule has 0 bridgehead atoms. The highest BCUT2D eigenvalue weighted by Gasteiger charge is 2.09. The number of carbonyl (C=O) groups excluding carboxylic acids is 1. The SMILES string of the molecule is Cc1ccccc1-c1nc(-c2ccc(NC(=O)Oc3ccccc3)cc2)cs1. The molecule has 0 spiro atoms. The van der Waals surface area contributed by atoms with Crippen LogP contribution in [0.15, 0.2) is 84.2 Å². The zero-order valence-electron chi connectivity index (χ0n) is 15.3. The number of benzene rings is 3. The van der Waals surface area contributed by atoms with E-state index >= 15 is 0 Å². The van der Waals surface area contributed by atoms with Crippen LogP contribution in [-0.4, -0.2) is 11.1 Å². The number of nitrogens with one attached hydrogen (secondary N) is 1. The van der Waals surface area contributed by atoms with Crippen molar-refractivity contribution >= 4 is 23.1 Å². The third kappa shape index (κ3) is 4.10. The zero-order valence-corrected chi connectivity index (χ0v) is 16.1. The van der Waals surface area contributed by atoms with Gasteiger partial charge in [-0.25, -0.2) is 9.78 Å². The Morgan fingerprint density at radius 2 is 1.64 bits per heavy atom. The molecule has 138 valence electrons. The maximum absolute atomic E-state index is 12.0. The maximum Gasteiger partial charge on any atom is 0.417 e. The van der Waals surface area contributed by atoms with E-state index in [0.29, 0.717) is 11.4 Å². The molecule has 1 N–H and O–H groups in total. The van der Waals surface area contributed by atoms with Crippen molar-refractivity contribution in [3.63, 3.8) is 0 Å². The maximum atomic E-state index is 12.0. The average molecular weight is 386 g/mol. The van der Waals surface area contributed by atoms with Crippen LogP contribution in [0.4, 0.5) is 10.5 Å². The lowest BCUT2D eigenvalue weighted by molar-refractivity contribution is 0.215. The van der Waals surface area contributed by atoms with Gasteiger partial charge in [0.1, 0.15) is 10.8 Å². The van der Waals surface area contributed by atoms with Crippen molar-refractivity contribution in [3.05, 3.63) is 89.8 Å². The van der Waals surface area contributed by atoms with Gasteiger partial charge in [-0.1, -0.05) is 54.6 Å². The molecule has 4 nitrogen and oxygen atoms in total. The highest BCUT2D eigenvalue weighted by molar-refractivity contribution is 7.13. The van der Waals surface area contributed by atoms with Crippen LogP contribution in [0.5, 0.6) is 5.75 Å². The number of anilines is 1. The van der Waals surface area contributed by atoms with Crippen LogP contribution in [-0.2, 0) is 0 Å². The van der Waals surface area contributed by atoms with Crippen LogP contribution < -0.4 is 10.1 Å². The van der Waals surface area contributed by atoms with E-state index in [-0.39, 0.29) is 0 Å². The number of rotatable bonds is 4. The standard InChI is InChI=1S/C23H18N2O2S/c1-16-7-5-6-10-20(16)22-25-21(15-28-22)17-11-13-18(14-12-17)24-23(26)27-19-8-3-2-4-9-19/h2-15H,1H3,(H,24,26). The first kappa shape index (κ1) is 17.9. The number of carbonyl (C=O) groups is 1. The molecule has 1 heterocycles. The Labute approximate surface area is 167 Å². The number of hydrogen-bond donors (Lipinski definition) is 1. The summed E-state index contributed by atoms with van der Waals surface area (Å²) in [5, 5.41) is 5.78. The predicted molar refractivity (Wildman–Crippen MR) is 114 cm³/mol. The normalized spacial score (nSPS) is 10.5. The number of hydrogen-bond acceptors (Lipinski definition) is 4. The minimum Gasteiger partial charge on any atom is -0.410 e. The molecule has 0 aliphatic carbocycles. The molecule has 5 heteroatoms. The van der Waals surface area contributed by atoms with Crippen LogP contribution >= 0.6 is 11.3 Å². The van der Waals surface area contributed by atoms with Crippen LogP contribution in [0, 0.1) is 6.92 Å². The van der Waals surface area contributed by atoms with Crippen molar-refractivity contribution in [1.82, 2.24) is 4.98 Å². The summed E-state index contributed by atoms with van der Waals surface area (Å²) in [7, 11) is 0. The summed E-state index contributed by atoms with van der Waals surface area (Å²) in [6.45, 7) is 2.09. The fraction of sp³-hybridized carbons (Fsp3) is 0.0435. The first-order chi connectivity index (χ1) is 13.7. The van der Waals surface area contributed by atoms with Crippen molar-refractivity contribution < 1.29 is 9.53 Å². The first-order valence-electron chi connectivity index (χ1n) is 8.85. The Morgan fingerprint density at radius 3 is 2.39 bits per heavy atom. The first-order valence-corrected chi connectivity index (χ1v) is 9.73. The monoisotopic (exact) mass is 386 g/mol. The number of aryl methyl sites for hydroxylation is 1. The molecule has 4 aromatic rings. The number of aromatic nitrogens is 1. The highest BCUT2D eigenvalue weighted by atomic mass is 32.1. The quantitative estimate of drug-likeness (QED) is 0.442. The molecule has 0 unspecified atom stereocenters. The molecule has 3 aromatic carbocycles. The molecule has 0 atom stereocenters. The largest absolute Gasteiger partial charge is 0.417 e. The van der Waals surface area contributed by atoms with Crippen LogP contribution in [0.1, 0.15) is 5.56 Å². The second-order valence-corrected chi connectivity index (χ2v) is 7.12. The van der Waals surface area contributed by atoms with E-state index < -0.39 is 6.09 Å². The lowest BCUT2D eigenvalue weighted by Gasteiger charge is -2.07. The molecular weight excluding hydrogens is 368 g/mol. The summed E-state index contributed by atoms with van der Waals surface area (Å²) in [4.78, 5) is 16.7. The molecule has 0 radical (unpaired) electrons. The molecule has 0 saturated carbocycles. The van der Waals surface area contributed by atoms with E-state index in [1.165, 1.54) is 5.56 Å². The molecule has 0 fully saturated rings. The van der Waals surface area contributed by atoms with E-state index in [2.05, 4.69) is 24.4 Å². The average Bonchev–Trinajstić information content (AvgIpc) is 3.19. The summed E-state index contributed by atoms with van der Waals surface area (Å²) in [5.41, 5.74) is 4.94. The summed E-state index contributed by atoms with van der Waals surface area (Å²) in [6, 6.07) is 24.8. The number of nitrogens with zero attached hydrogens (tertiary/aromatic N) is 1. The van der Waals surface area contributed by atoms with Gasteiger partial charge in [0, 0.05) is 22.2 Å². The van der Waals surface area contributed by atoms with E-state index in [1.807, 2.05) is 60.0 Å². The van der Waals surface area contributed by atoms with Gasteiger partial charge in [0.2, 0.25) is 0 Å². The van der Waals surface area contributed by atoms with Crippen LogP contribution in [0.3, 0.4) is 0 Å². The Hall–Kier alpha value is -3.44. The van der Waals surface area contributed by atoms with Gasteiger partial charge in [-0.2, -0.15) is 0 Å². The van der Waals surface area contributed by atoms with E-state index in [0.717, 1.165) is 21.8 Å². The minimum absolute atomic E-state index is 0.503. The van der Waals surface area contributed by atoms with Gasteiger partial charge in [-0.05, 0) is 36.8 Å². The summed E-state index contributed by atoms with van der Waals surface area (Å²) >= 11 is 1.63. The van der Waals surface area contributed by atoms with Crippen LogP contribution in [0.25, 0.3) is 21.8 Å². The van der Waals surface area contributed by atoms with Gasteiger partial charge in [0.15, 0.2) is 0 Å². The van der Waals surface area contributed by atoms with Gasteiger partial charge >= 0.3 is 6.09 Å². The van der Waals surface area contributed by atoms with Crippen molar-refractivity contribution in [2.75, 3.05) is 5.32 Å². The van der Waals surface area contributed by atoms with Crippen LogP contribution in [0.2, 0.25) is 0 Å². The zero-order chi connectivity index (χ0) is 19.3. The minimum atomic E-state index is -0.519. The lowest BCUT2D eigenvalue weighted by Crippen LogP contribution is -2.16. The fourth-order valence-electron chi connectivity index (χ4n) is 2.81. The third-order valence-corrected chi connectivity index (χ3v) is 5.14. The Kier molecular flexibility index (Phi) is 5.17. The predicted octanol–water partition coefficient (Wildman–Crippen LogP) is 6.40. The van der Waals surface area contributed by atoms with E-state index in [4.69, 9.17) is 9.72 Å². The Bertz CT molecular complexity index is 1090. The van der Waals surface area contributed by atoms with Gasteiger partial charge < -0.3 is 4.74 Å². The molecule has 4 rings (SSSR count). The second-order valence-electron chi connectivity index (χ2n) is 6.26. The Morgan fingerprint density at radius 1 is 0.929 bits per heavy atom. The molecule has 0 aliphatic rings. The van der Waals surface area contributed by atoms with Gasteiger partial charge in [0.25, 0.3) is 0 Å². The Balaban J connectivity index is 1.45. The molecule has 1 aromatic heterocycles.